The average molecular weight is 727 g/mol. The van der Waals surface area contributed by atoms with Gasteiger partial charge in [-0.2, -0.15) is 10.4 Å². The van der Waals surface area contributed by atoms with Gasteiger partial charge in [0.15, 0.2) is 11.9 Å². The van der Waals surface area contributed by atoms with E-state index >= 15 is 4.39 Å². The van der Waals surface area contributed by atoms with Crippen molar-refractivity contribution in [3.8, 4) is 6.07 Å². The van der Waals surface area contributed by atoms with Gasteiger partial charge in [-0.1, -0.05) is 24.3 Å². The van der Waals surface area contributed by atoms with Gasteiger partial charge in [-0.05, 0) is 37.3 Å². The third-order valence-electron chi connectivity index (χ3n) is 6.78. The lowest BCUT2D eigenvalue weighted by atomic mass is 9.89. The van der Waals surface area contributed by atoms with Gasteiger partial charge >= 0.3 is 14.0 Å². The van der Waals surface area contributed by atoms with Gasteiger partial charge < -0.3 is 28.7 Å². The highest BCUT2D eigenvalue weighted by atomic mass is 32.2. The number of hydrogen-bond acceptors (Lipinski definition) is 12. The number of aromatic nitrogens is 3. The number of benzene rings is 2. The monoisotopic (exact) mass is 726 g/mol. The van der Waals surface area contributed by atoms with E-state index in [0.717, 1.165) is 18.2 Å². The van der Waals surface area contributed by atoms with Crippen molar-refractivity contribution in [2.45, 2.75) is 35.9 Å². The Labute approximate surface area is 282 Å². The molecular formula is C30H30F3N4O10PS. The first-order valence-electron chi connectivity index (χ1n) is 14.3. The lowest BCUT2D eigenvalue weighted by Gasteiger charge is -2.40. The first-order chi connectivity index (χ1) is 23.4. The van der Waals surface area contributed by atoms with Crippen LogP contribution in [0, 0.1) is 28.8 Å². The van der Waals surface area contributed by atoms with Crippen LogP contribution in [0.25, 0.3) is 6.08 Å². The summed E-state index contributed by atoms with van der Waals surface area (Å²) in [6, 6.07) is 8.77. The van der Waals surface area contributed by atoms with Gasteiger partial charge in [0, 0.05) is 22.4 Å². The summed E-state index contributed by atoms with van der Waals surface area (Å²) in [6.45, 7) is 0.522. The fourth-order valence-corrected chi connectivity index (χ4v) is 6.14. The number of thioether (sulfide) groups is 1. The Hall–Kier alpha value is -4.05. The average Bonchev–Trinajstić information content (AvgIpc) is 3.56. The number of rotatable bonds is 15. The maximum atomic E-state index is 15.5. The Balaban J connectivity index is 1.46. The van der Waals surface area contributed by atoms with E-state index in [1.807, 2.05) is 6.07 Å². The van der Waals surface area contributed by atoms with Gasteiger partial charge in [0.1, 0.15) is 43.3 Å². The van der Waals surface area contributed by atoms with Gasteiger partial charge in [-0.3, -0.25) is 0 Å². The summed E-state index contributed by atoms with van der Waals surface area (Å²) in [7, 11) is -4.94. The van der Waals surface area contributed by atoms with Crippen molar-refractivity contribution in [3.63, 3.8) is 0 Å². The van der Waals surface area contributed by atoms with Gasteiger partial charge in [-0.25, -0.2) is 37.1 Å². The fourth-order valence-electron chi connectivity index (χ4n) is 4.57. The van der Waals surface area contributed by atoms with Crippen LogP contribution in [0.3, 0.4) is 0 Å². The van der Waals surface area contributed by atoms with Crippen LogP contribution in [0.2, 0.25) is 0 Å². The van der Waals surface area contributed by atoms with Crippen molar-refractivity contribution in [3.05, 3.63) is 101 Å². The molecule has 0 saturated carbocycles. The molecule has 1 aromatic heterocycles. The largest absolute Gasteiger partial charge is 0.509 e. The molecule has 0 bridgehead atoms. The Morgan fingerprint density at radius 1 is 1.18 bits per heavy atom. The van der Waals surface area contributed by atoms with Gasteiger partial charge in [0.05, 0.1) is 36.6 Å². The Morgan fingerprint density at radius 3 is 2.61 bits per heavy atom. The standard InChI is InChI=1S/C30H30F3N4O10PS/c1-20(49-24-15-43-28(44-16-24)5-3-2-4-22-7-6-21(14-34)12-26(22)32)30(17-37-19-35-18-36-37,25-9-8-23(31)13-27(25)33)46-29(38)42-10-11-45-47-48(39,40)41/h2-9,12-13,18-20,24,28H,10-11,15-17H2,1H3,(H2,39,40,41)/t20-,24?,28?,30-/m1/s1. The molecule has 262 valence electrons. The SMILES string of the molecule is C[C@@H](SC1COC(C=CC=Cc2ccc(C#N)cc2F)OC1)[C@@](Cn1cncn1)(OC(=O)OCCOOP(=O)(O)O)c1ccc(F)cc1F. The van der Waals surface area contributed by atoms with Crippen LogP contribution >= 0.6 is 19.6 Å². The van der Waals surface area contributed by atoms with Crippen LogP contribution in [-0.2, 0) is 45.2 Å². The van der Waals surface area contributed by atoms with Crippen molar-refractivity contribution in [1.82, 2.24) is 14.8 Å². The minimum Gasteiger partial charge on any atom is -0.432 e. The highest BCUT2D eigenvalue weighted by Crippen LogP contribution is 2.42. The minimum atomic E-state index is -4.94. The van der Waals surface area contributed by atoms with Crippen molar-refractivity contribution >= 4 is 31.8 Å². The van der Waals surface area contributed by atoms with E-state index in [-0.39, 0.29) is 36.1 Å². The quantitative estimate of drug-likeness (QED) is 0.0544. The van der Waals surface area contributed by atoms with Crippen molar-refractivity contribution in [2.75, 3.05) is 26.4 Å². The summed E-state index contributed by atoms with van der Waals surface area (Å²) >= 11 is 1.23. The first kappa shape index (κ1) is 37.8. The van der Waals surface area contributed by atoms with E-state index in [4.69, 9.17) is 34.0 Å². The van der Waals surface area contributed by atoms with Crippen molar-refractivity contribution in [2.24, 2.45) is 0 Å². The molecule has 0 radical (unpaired) electrons. The van der Waals surface area contributed by atoms with Crippen molar-refractivity contribution in [1.29, 1.82) is 5.26 Å². The molecule has 0 spiro atoms. The Morgan fingerprint density at radius 2 is 1.96 bits per heavy atom. The van der Waals surface area contributed by atoms with E-state index in [2.05, 4.69) is 19.6 Å². The number of carbonyl (C=O) groups is 1. The summed E-state index contributed by atoms with van der Waals surface area (Å²) in [5.41, 5.74) is -1.59. The molecule has 49 heavy (non-hydrogen) atoms. The van der Waals surface area contributed by atoms with E-state index in [1.54, 1.807) is 25.2 Å². The summed E-state index contributed by atoms with van der Waals surface area (Å²) in [5, 5.41) is 11.8. The third-order valence-corrected chi connectivity index (χ3v) is 8.53. The molecular weight excluding hydrogens is 696 g/mol. The number of nitrogens with zero attached hydrogens (tertiary/aromatic N) is 4. The lowest BCUT2D eigenvalue weighted by Crippen LogP contribution is -2.47. The maximum absolute atomic E-state index is 15.5. The smallest absolute Gasteiger partial charge is 0.432 e. The number of nitriles is 1. The van der Waals surface area contributed by atoms with E-state index in [1.165, 1.54) is 47.3 Å². The molecule has 1 aliphatic rings. The molecule has 0 unspecified atom stereocenters. The van der Waals surface area contributed by atoms with Gasteiger partial charge in [-0.15, -0.1) is 16.4 Å². The normalized spacial score (nSPS) is 18.6. The molecule has 1 saturated heterocycles. The van der Waals surface area contributed by atoms with Crippen LogP contribution in [0.4, 0.5) is 18.0 Å². The molecule has 2 N–H and O–H groups in total. The molecule has 3 aromatic rings. The lowest BCUT2D eigenvalue weighted by molar-refractivity contribution is -0.227. The molecule has 4 rings (SSSR count). The van der Waals surface area contributed by atoms with Crippen LogP contribution < -0.4 is 0 Å². The zero-order chi connectivity index (χ0) is 35.4. The highest BCUT2D eigenvalue weighted by molar-refractivity contribution is 8.00. The number of carbonyl (C=O) groups excluding carboxylic acids is 1. The third kappa shape index (κ3) is 11.2. The van der Waals surface area contributed by atoms with Crippen molar-refractivity contribution < 1.29 is 60.8 Å². The second-order valence-corrected chi connectivity index (χ2v) is 13.0. The van der Waals surface area contributed by atoms with E-state index in [0.29, 0.717) is 11.6 Å². The number of halogens is 3. The number of hydrogen-bond donors (Lipinski definition) is 2. The van der Waals surface area contributed by atoms with E-state index < -0.39 is 61.8 Å². The number of allylic oxidation sites excluding steroid dienone is 2. The topological polar surface area (TPSA) is 184 Å². The summed E-state index contributed by atoms with van der Waals surface area (Å²) in [5.74, 6) is -2.43. The number of ether oxygens (including phenoxy) is 4. The molecule has 14 nitrogen and oxygen atoms in total. The molecule has 1 fully saturated rings. The molecule has 0 aliphatic carbocycles. The molecule has 2 aromatic carbocycles. The second-order valence-electron chi connectivity index (χ2n) is 10.2. The zero-order valence-electron chi connectivity index (χ0n) is 25.6. The summed E-state index contributed by atoms with van der Waals surface area (Å²) < 4.78 is 81.8. The first-order valence-corrected chi connectivity index (χ1v) is 16.8. The van der Waals surface area contributed by atoms with Crippen LogP contribution in [0.5, 0.6) is 0 Å². The van der Waals surface area contributed by atoms with Gasteiger partial charge in [0.25, 0.3) is 0 Å². The summed E-state index contributed by atoms with van der Waals surface area (Å²) in [6.07, 6.45) is 6.81. The second kappa shape index (κ2) is 17.6. The van der Waals surface area contributed by atoms with Crippen LogP contribution in [0.15, 0.2) is 67.3 Å². The predicted molar refractivity (Wildman–Crippen MR) is 165 cm³/mol. The zero-order valence-corrected chi connectivity index (χ0v) is 27.3. The predicted octanol–water partition coefficient (Wildman–Crippen LogP) is 4.79. The molecule has 1 aliphatic heterocycles. The van der Waals surface area contributed by atoms with Crippen LogP contribution in [0.1, 0.15) is 23.6 Å². The van der Waals surface area contributed by atoms with Crippen LogP contribution in [-0.4, -0.2) is 73.9 Å². The van der Waals surface area contributed by atoms with E-state index in [9.17, 15) is 18.1 Å². The fraction of sp³-hybridized carbons (Fsp3) is 0.333. The summed E-state index contributed by atoms with van der Waals surface area (Å²) in [4.78, 5) is 38.6. The molecule has 19 heteroatoms. The Bertz CT molecular complexity index is 1710. The molecule has 0 amide bonds. The minimum absolute atomic E-state index is 0.157. The maximum Gasteiger partial charge on any atom is 0.509 e. The Kier molecular flexibility index (Phi) is 13.5. The van der Waals surface area contributed by atoms with Gasteiger partial charge in [0.2, 0.25) is 0 Å². The highest BCUT2D eigenvalue weighted by Gasteiger charge is 2.47. The molecule has 2 atom stereocenters. The number of phosphoric acid groups is 1. The molecule has 2 heterocycles.